The second-order valence-corrected chi connectivity index (χ2v) is 11.3. The minimum absolute atomic E-state index is 0.121. The van der Waals surface area contributed by atoms with Crippen molar-refractivity contribution >= 4 is 35.0 Å². The number of ether oxygens (including phenoxy) is 3. The van der Waals surface area contributed by atoms with E-state index >= 15 is 0 Å². The largest absolute Gasteiger partial charge is 0.486 e. The smallest absolute Gasteiger partial charge is 0.410 e. The van der Waals surface area contributed by atoms with Gasteiger partial charge in [0.1, 0.15) is 12.1 Å². The number of unbranched alkanes of at least 4 members (excludes halogenated alkanes) is 1. The van der Waals surface area contributed by atoms with Crippen molar-refractivity contribution < 1.29 is 28.6 Å². The maximum atomic E-state index is 13.8. The van der Waals surface area contributed by atoms with Crippen molar-refractivity contribution in [1.82, 2.24) is 19.2 Å². The molecule has 0 aliphatic carbocycles. The molecule has 4 rings (SSSR count). The first-order chi connectivity index (χ1) is 19.4. The molecule has 2 amide bonds. The minimum Gasteiger partial charge on any atom is -0.486 e. The van der Waals surface area contributed by atoms with Crippen LogP contribution in [-0.4, -0.2) is 109 Å². The topological polar surface area (TPSA) is 126 Å². The second kappa shape index (κ2) is 12.3. The summed E-state index contributed by atoms with van der Waals surface area (Å²) < 4.78 is 17.5. The SMILES string of the molecule is CCCCOc1c(C(=O)OC)nc2c(N3CCN(C(=O)OC(C)(C)C)CC3=O)cc(N3CCN(C)CC3)cn2c1=O. The molecule has 2 aliphatic rings. The molecule has 13 nitrogen and oxygen atoms in total. The Kier molecular flexibility index (Phi) is 9.05. The average Bonchev–Trinajstić information content (AvgIpc) is 2.93. The molecule has 13 heteroatoms. The summed E-state index contributed by atoms with van der Waals surface area (Å²) in [6, 6.07) is 1.81. The van der Waals surface area contributed by atoms with Gasteiger partial charge in [-0.25, -0.2) is 14.6 Å². The summed E-state index contributed by atoms with van der Waals surface area (Å²) in [6.07, 6.45) is 2.63. The summed E-state index contributed by atoms with van der Waals surface area (Å²) >= 11 is 0. The van der Waals surface area contributed by atoms with Crippen LogP contribution < -0.4 is 20.1 Å². The molecule has 2 aliphatic heterocycles. The number of methoxy groups -OCH3 is 1. The quantitative estimate of drug-likeness (QED) is 0.359. The van der Waals surface area contributed by atoms with Crippen LogP contribution in [0.15, 0.2) is 17.1 Å². The molecule has 0 atom stereocenters. The van der Waals surface area contributed by atoms with Gasteiger partial charge in [-0.1, -0.05) is 13.3 Å². The molecule has 0 aromatic carbocycles. The zero-order valence-electron chi connectivity index (χ0n) is 24.8. The fourth-order valence-corrected chi connectivity index (χ4v) is 4.72. The van der Waals surface area contributed by atoms with Gasteiger partial charge in [0.2, 0.25) is 11.7 Å². The maximum Gasteiger partial charge on any atom is 0.410 e. The summed E-state index contributed by atoms with van der Waals surface area (Å²) in [5.41, 5.74) is -0.299. The Labute approximate surface area is 239 Å². The van der Waals surface area contributed by atoms with Crippen LogP contribution in [0, 0.1) is 0 Å². The first-order valence-corrected chi connectivity index (χ1v) is 14.0. The number of hydrogen-bond donors (Lipinski definition) is 0. The van der Waals surface area contributed by atoms with Crippen molar-refractivity contribution in [3.63, 3.8) is 0 Å². The number of nitrogens with zero attached hydrogens (tertiary/aromatic N) is 6. The number of fused-ring (bicyclic) bond motifs is 1. The highest BCUT2D eigenvalue weighted by atomic mass is 16.6. The Morgan fingerprint density at radius 1 is 1.05 bits per heavy atom. The molecule has 0 bridgehead atoms. The number of aromatic nitrogens is 2. The molecule has 0 saturated carbocycles. The first-order valence-electron chi connectivity index (χ1n) is 14.0. The highest BCUT2D eigenvalue weighted by molar-refractivity contribution is 6.01. The molecular weight excluding hydrogens is 532 g/mol. The fourth-order valence-electron chi connectivity index (χ4n) is 4.72. The maximum absolute atomic E-state index is 13.8. The number of likely N-dealkylation sites (N-methyl/N-ethyl adjacent to an activating group) is 1. The Bertz CT molecular complexity index is 1360. The molecule has 2 saturated heterocycles. The van der Waals surface area contributed by atoms with E-state index in [4.69, 9.17) is 14.2 Å². The Morgan fingerprint density at radius 2 is 1.76 bits per heavy atom. The van der Waals surface area contributed by atoms with E-state index in [1.807, 2.05) is 13.0 Å². The van der Waals surface area contributed by atoms with E-state index in [0.29, 0.717) is 12.1 Å². The van der Waals surface area contributed by atoms with Crippen LogP contribution in [-0.2, 0) is 14.3 Å². The van der Waals surface area contributed by atoms with Gasteiger partial charge in [0.15, 0.2) is 11.3 Å². The van der Waals surface area contributed by atoms with E-state index in [9.17, 15) is 19.2 Å². The number of piperazine rings is 2. The number of carbonyl (C=O) groups is 3. The molecule has 2 aromatic rings. The monoisotopic (exact) mass is 572 g/mol. The van der Waals surface area contributed by atoms with Gasteiger partial charge in [0.05, 0.1) is 25.1 Å². The van der Waals surface area contributed by atoms with Gasteiger partial charge < -0.3 is 28.9 Å². The van der Waals surface area contributed by atoms with Crippen LogP contribution in [0.25, 0.3) is 5.65 Å². The van der Waals surface area contributed by atoms with Gasteiger partial charge in [0.25, 0.3) is 0 Å². The Morgan fingerprint density at radius 3 is 2.37 bits per heavy atom. The molecule has 4 heterocycles. The number of hydrogen-bond acceptors (Lipinski definition) is 10. The zero-order chi connectivity index (χ0) is 29.9. The van der Waals surface area contributed by atoms with E-state index in [-0.39, 0.29) is 49.2 Å². The number of esters is 1. The predicted octanol–water partition coefficient (Wildman–Crippen LogP) is 2.00. The molecule has 0 N–H and O–H groups in total. The van der Waals surface area contributed by atoms with Crippen molar-refractivity contribution in [2.24, 2.45) is 0 Å². The van der Waals surface area contributed by atoms with Crippen LogP contribution in [0.5, 0.6) is 5.75 Å². The van der Waals surface area contributed by atoms with Gasteiger partial charge in [-0.15, -0.1) is 0 Å². The molecule has 41 heavy (non-hydrogen) atoms. The van der Waals surface area contributed by atoms with E-state index in [2.05, 4.69) is 21.8 Å². The molecule has 224 valence electrons. The van der Waals surface area contributed by atoms with Crippen molar-refractivity contribution in [1.29, 1.82) is 0 Å². The standard InChI is InChI=1S/C28H40N6O7/c1-7-8-15-40-23-22(26(37)39-6)29-24-20(33-14-13-32(18-21(33)35)27(38)41-28(2,3)4)16-19(17-34(24)25(23)36)31-11-9-30(5)10-12-31/h16-17H,7-15,18H2,1-6H3. The number of amides is 2. The summed E-state index contributed by atoms with van der Waals surface area (Å²) in [7, 11) is 3.26. The van der Waals surface area contributed by atoms with Gasteiger partial charge in [-0.2, -0.15) is 0 Å². The fraction of sp³-hybridized carbons (Fsp3) is 0.607. The normalized spacial score (nSPS) is 16.7. The highest BCUT2D eigenvalue weighted by Gasteiger charge is 2.33. The molecule has 0 spiro atoms. The first kappa shape index (κ1) is 30.1. The van der Waals surface area contributed by atoms with E-state index in [1.54, 1.807) is 27.0 Å². The van der Waals surface area contributed by atoms with Gasteiger partial charge >= 0.3 is 17.6 Å². The van der Waals surface area contributed by atoms with Crippen LogP contribution in [0.3, 0.4) is 0 Å². The minimum atomic E-state index is -0.814. The average molecular weight is 573 g/mol. The van der Waals surface area contributed by atoms with Crippen molar-refractivity contribution in [2.45, 2.75) is 46.1 Å². The van der Waals surface area contributed by atoms with E-state index < -0.39 is 23.2 Å². The van der Waals surface area contributed by atoms with Crippen LogP contribution >= 0.6 is 0 Å². The van der Waals surface area contributed by atoms with E-state index in [1.165, 1.54) is 21.3 Å². The summed E-state index contributed by atoms with van der Waals surface area (Å²) in [6.45, 7) is 10.8. The van der Waals surface area contributed by atoms with Crippen LogP contribution in [0.4, 0.5) is 16.2 Å². The second-order valence-electron chi connectivity index (χ2n) is 11.3. The van der Waals surface area contributed by atoms with Gasteiger partial charge in [-0.05, 0) is 40.3 Å². The third-order valence-corrected chi connectivity index (χ3v) is 7.00. The molecule has 2 aromatic heterocycles. The predicted molar refractivity (Wildman–Crippen MR) is 153 cm³/mol. The molecule has 0 unspecified atom stereocenters. The Balaban J connectivity index is 1.82. The molecular formula is C28H40N6O7. The number of rotatable bonds is 7. The lowest BCUT2D eigenvalue weighted by atomic mass is 10.2. The number of pyridine rings is 1. The summed E-state index contributed by atoms with van der Waals surface area (Å²) in [4.78, 5) is 64.4. The zero-order valence-corrected chi connectivity index (χ0v) is 24.8. The number of carbonyl (C=O) groups excluding carboxylic acids is 3. The lowest BCUT2D eigenvalue weighted by molar-refractivity contribution is -0.121. The van der Waals surface area contributed by atoms with Crippen LogP contribution in [0.1, 0.15) is 51.0 Å². The Hall–Kier alpha value is -3.87. The lowest BCUT2D eigenvalue weighted by Crippen LogP contribution is -2.53. The van der Waals surface area contributed by atoms with Gasteiger partial charge in [0, 0.05) is 45.5 Å². The highest BCUT2D eigenvalue weighted by Crippen LogP contribution is 2.30. The summed E-state index contributed by atoms with van der Waals surface area (Å²) in [5, 5.41) is 0. The van der Waals surface area contributed by atoms with Crippen LogP contribution in [0.2, 0.25) is 0 Å². The third-order valence-electron chi connectivity index (χ3n) is 7.00. The molecule has 2 fully saturated rings. The summed E-state index contributed by atoms with van der Waals surface area (Å²) in [5.74, 6) is -1.37. The van der Waals surface area contributed by atoms with Crippen molar-refractivity contribution in [3.05, 3.63) is 28.3 Å². The van der Waals surface area contributed by atoms with Crippen molar-refractivity contribution in [3.8, 4) is 5.75 Å². The van der Waals surface area contributed by atoms with Gasteiger partial charge in [-0.3, -0.25) is 18.9 Å². The molecule has 0 radical (unpaired) electrons. The lowest BCUT2D eigenvalue weighted by Gasteiger charge is -2.37. The third kappa shape index (κ3) is 6.72. The number of anilines is 2. The van der Waals surface area contributed by atoms with Crippen molar-refractivity contribution in [2.75, 3.05) is 76.4 Å². The van der Waals surface area contributed by atoms with E-state index in [0.717, 1.165) is 38.3 Å².